The van der Waals surface area contributed by atoms with Crippen molar-refractivity contribution in [3.63, 3.8) is 0 Å². The minimum Gasteiger partial charge on any atom is -0.388 e. The van der Waals surface area contributed by atoms with E-state index in [1.807, 2.05) is 25.1 Å². The Morgan fingerprint density at radius 2 is 2.25 bits per heavy atom. The zero-order valence-electron chi connectivity index (χ0n) is 12.3. The molecule has 1 amide bonds. The van der Waals surface area contributed by atoms with Crippen molar-refractivity contribution in [1.82, 2.24) is 5.32 Å². The first-order chi connectivity index (χ1) is 9.52. The summed E-state index contributed by atoms with van der Waals surface area (Å²) in [6.07, 6.45) is 2.35. The number of anilines is 1. The maximum Gasteiger partial charge on any atom is 0.225 e. The molecule has 3 N–H and O–H groups in total. The van der Waals surface area contributed by atoms with Gasteiger partial charge < -0.3 is 15.7 Å². The van der Waals surface area contributed by atoms with Gasteiger partial charge in [-0.05, 0) is 31.4 Å². The molecule has 4 nitrogen and oxygen atoms in total. The van der Waals surface area contributed by atoms with Gasteiger partial charge in [0.15, 0.2) is 0 Å². The number of fused-ring (bicyclic) bond motifs is 1. The van der Waals surface area contributed by atoms with Crippen LogP contribution in [0.25, 0.3) is 0 Å². The maximum absolute atomic E-state index is 12.2. The molecular formula is C16H24N2O2. The van der Waals surface area contributed by atoms with Gasteiger partial charge in [0.25, 0.3) is 0 Å². The fraction of sp³-hybridized carbons (Fsp3) is 0.562. The highest BCUT2D eigenvalue weighted by Gasteiger charge is 2.26. The Bertz CT molecular complexity index is 471. The average molecular weight is 276 g/mol. The summed E-state index contributed by atoms with van der Waals surface area (Å²) in [7, 11) is 0. The summed E-state index contributed by atoms with van der Waals surface area (Å²) in [5.41, 5.74) is 1.48. The third-order valence-corrected chi connectivity index (χ3v) is 3.83. The maximum atomic E-state index is 12.2. The lowest BCUT2D eigenvalue weighted by molar-refractivity contribution is -0.125. The van der Waals surface area contributed by atoms with E-state index in [9.17, 15) is 9.90 Å². The van der Waals surface area contributed by atoms with Gasteiger partial charge in [0.05, 0.1) is 11.5 Å². The average Bonchev–Trinajstić information content (AvgIpc) is 2.44. The molecule has 0 saturated carbocycles. The van der Waals surface area contributed by atoms with Crippen LogP contribution in [0, 0.1) is 5.92 Å². The number of carbonyl (C=O) groups is 1. The van der Waals surface area contributed by atoms with E-state index in [0.717, 1.165) is 18.5 Å². The molecule has 2 rings (SSSR count). The molecule has 1 aliphatic heterocycles. The first-order valence-corrected chi connectivity index (χ1v) is 7.34. The lowest BCUT2D eigenvalue weighted by Crippen LogP contribution is -2.45. The second-order valence-electron chi connectivity index (χ2n) is 5.90. The van der Waals surface area contributed by atoms with E-state index in [1.54, 1.807) is 6.92 Å². The molecule has 1 aliphatic rings. The fourth-order valence-corrected chi connectivity index (χ4v) is 2.68. The molecule has 0 radical (unpaired) electrons. The third-order valence-electron chi connectivity index (χ3n) is 3.83. The lowest BCUT2D eigenvalue weighted by atomic mass is 9.93. The standard InChI is InChI=1S/C16H24N2O2/c1-3-8-16(2,20)11-18-15(19)13-9-12-6-4-5-7-14(12)17-10-13/h4-7,13,17,20H,3,8-11H2,1-2H3,(H,18,19). The van der Waals surface area contributed by atoms with Gasteiger partial charge in [-0.15, -0.1) is 0 Å². The van der Waals surface area contributed by atoms with Crippen LogP contribution in [0.1, 0.15) is 32.3 Å². The SMILES string of the molecule is CCCC(C)(O)CNC(=O)C1CNc2ccccc2C1. The van der Waals surface area contributed by atoms with Gasteiger partial charge in [-0.25, -0.2) is 0 Å². The molecule has 1 heterocycles. The molecule has 0 aliphatic carbocycles. The Balaban J connectivity index is 1.89. The summed E-state index contributed by atoms with van der Waals surface area (Å²) in [5, 5.41) is 16.3. The smallest absolute Gasteiger partial charge is 0.225 e. The highest BCUT2D eigenvalue weighted by molar-refractivity contribution is 5.80. The third kappa shape index (κ3) is 3.73. The van der Waals surface area contributed by atoms with Crippen LogP contribution in [0.3, 0.4) is 0 Å². The van der Waals surface area contributed by atoms with Crippen molar-refractivity contribution < 1.29 is 9.90 Å². The van der Waals surface area contributed by atoms with Gasteiger partial charge >= 0.3 is 0 Å². The normalized spacial score (nSPS) is 20.4. The van der Waals surface area contributed by atoms with Crippen LogP contribution in [-0.2, 0) is 11.2 Å². The lowest BCUT2D eigenvalue weighted by Gasteiger charge is -2.28. The molecule has 0 bridgehead atoms. The van der Waals surface area contributed by atoms with Crippen molar-refractivity contribution in [2.24, 2.45) is 5.92 Å². The van der Waals surface area contributed by atoms with E-state index in [4.69, 9.17) is 0 Å². The second kappa shape index (κ2) is 6.27. The number of aliphatic hydroxyl groups is 1. The number of carbonyl (C=O) groups excluding carboxylic acids is 1. The summed E-state index contributed by atoms with van der Waals surface area (Å²) in [5.74, 6) is -0.0503. The highest BCUT2D eigenvalue weighted by atomic mass is 16.3. The summed E-state index contributed by atoms with van der Waals surface area (Å²) < 4.78 is 0. The topological polar surface area (TPSA) is 61.4 Å². The zero-order chi connectivity index (χ0) is 14.6. The molecule has 4 heteroatoms. The Labute approximate surface area is 120 Å². The highest BCUT2D eigenvalue weighted by Crippen LogP contribution is 2.24. The van der Waals surface area contributed by atoms with Gasteiger partial charge in [0, 0.05) is 18.8 Å². The minimum atomic E-state index is -0.815. The Hall–Kier alpha value is -1.55. The number of hydrogen-bond acceptors (Lipinski definition) is 3. The molecule has 1 aromatic rings. The molecule has 0 fully saturated rings. The monoisotopic (exact) mass is 276 g/mol. The molecule has 20 heavy (non-hydrogen) atoms. The van der Waals surface area contributed by atoms with Crippen LogP contribution < -0.4 is 10.6 Å². The summed E-state index contributed by atoms with van der Waals surface area (Å²) in [4.78, 5) is 12.2. The Morgan fingerprint density at radius 3 is 3.00 bits per heavy atom. The van der Waals surface area contributed by atoms with Crippen LogP contribution in [0.2, 0.25) is 0 Å². The van der Waals surface area contributed by atoms with Gasteiger partial charge in [0.2, 0.25) is 5.91 Å². The van der Waals surface area contributed by atoms with E-state index in [1.165, 1.54) is 5.56 Å². The number of para-hydroxylation sites is 1. The molecule has 0 spiro atoms. The van der Waals surface area contributed by atoms with E-state index < -0.39 is 5.60 Å². The summed E-state index contributed by atoms with van der Waals surface area (Å²) in [6, 6.07) is 8.07. The van der Waals surface area contributed by atoms with Crippen LogP contribution in [0.15, 0.2) is 24.3 Å². The molecule has 0 saturated heterocycles. The predicted octanol–water partition coefficient (Wildman–Crippen LogP) is 1.94. The van der Waals surface area contributed by atoms with Crippen molar-refractivity contribution >= 4 is 11.6 Å². The van der Waals surface area contributed by atoms with Crippen molar-refractivity contribution in [1.29, 1.82) is 0 Å². The first-order valence-electron chi connectivity index (χ1n) is 7.34. The molecule has 110 valence electrons. The van der Waals surface area contributed by atoms with E-state index >= 15 is 0 Å². The van der Waals surface area contributed by atoms with Crippen molar-refractivity contribution in [3.05, 3.63) is 29.8 Å². The van der Waals surface area contributed by atoms with Crippen LogP contribution in [-0.4, -0.2) is 29.7 Å². The Kier molecular flexibility index (Phi) is 4.65. The number of benzene rings is 1. The van der Waals surface area contributed by atoms with Gasteiger partial charge in [-0.2, -0.15) is 0 Å². The second-order valence-corrected chi connectivity index (χ2v) is 5.90. The molecule has 0 aromatic heterocycles. The predicted molar refractivity (Wildman–Crippen MR) is 80.7 cm³/mol. The van der Waals surface area contributed by atoms with Gasteiger partial charge in [0.1, 0.15) is 0 Å². The quantitative estimate of drug-likeness (QED) is 0.770. The van der Waals surface area contributed by atoms with Crippen LogP contribution in [0.4, 0.5) is 5.69 Å². The van der Waals surface area contributed by atoms with Crippen LogP contribution in [0.5, 0.6) is 0 Å². The molecule has 2 atom stereocenters. The van der Waals surface area contributed by atoms with Gasteiger partial charge in [-0.1, -0.05) is 31.5 Å². The van der Waals surface area contributed by atoms with Crippen molar-refractivity contribution in [3.8, 4) is 0 Å². The van der Waals surface area contributed by atoms with E-state index in [-0.39, 0.29) is 11.8 Å². The zero-order valence-corrected chi connectivity index (χ0v) is 12.3. The Morgan fingerprint density at radius 1 is 1.50 bits per heavy atom. The summed E-state index contributed by atoms with van der Waals surface area (Å²) in [6.45, 7) is 4.76. The van der Waals surface area contributed by atoms with E-state index in [2.05, 4.69) is 16.7 Å². The van der Waals surface area contributed by atoms with Gasteiger partial charge in [-0.3, -0.25) is 4.79 Å². The molecular weight excluding hydrogens is 252 g/mol. The molecule has 1 aromatic carbocycles. The molecule has 2 unspecified atom stereocenters. The fourth-order valence-electron chi connectivity index (χ4n) is 2.68. The van der Waals surface area contributed by atoms with Crippen LogP contribution >= 0.6 is 0 Å². The largest absolute Gasteiger partial charge is 0.388 e. The summed E-state index contributed by atoms with van der Waals surface area (Å²) >= 11 is 0. The number of amides is 1. The number of nitrogens with one attached hydrogen (secondary N) is 2. The minimum absolute atomic E-state index is 0.0170. The van der Waals surface area contributed by atoms with Crippen molar-refractivity contribution in [2.45, 2.75) is 38.7 Å². The number of hydrogen-bond donors (Lipinski definition) is 3. The van der Waals surface area contributed by atoms with E-state index in [0.29, 0.717) is 19.5 Å². The number of rotatable bonds is 5. The van der Waals surface area contributed by atoms with Crippen molar-refractivity contribution in [2.75, 3.05) is 18.4 Å². The first kappa shape index (κ1) is 14.9.